The van der Waals surface area contributed by atoms with Crippen molar-refractivity contribution in [1.29, 1.82) is 0 Å². The first-order valence-corrected chi connectivity index (χ1v) is 8.03. The van der Waals surface area contributed by atoms with Gasteiger partial charge in [-0.25, -0.2) is 4.79 Å². The van der Waals surface area contributed by atoms with E-state index in [1.54, 1.807) is 11.2 Å². The largest absolute Gasteiger partial charge is 0.466 e. The summed E-state index contributed by atoms with van der Waals surface area (Å²) in [6, 6.07) is 1.73. The lowest BCUT2D eigenvalue weighted by atomic mass is 10.1. The van der Waals surface area contributed by atoms with Crippen molar-refractivity contribution in [2.75, 3.05) is 19.7 Å². The molecule has 0 aliphatic carbocycles. The molecule has 8 heteroatoms. The fourth-order valence-corrected chi connectivity index (χ4v) is 3.01. The maximum atomic E-state index is 12.6. The maximum absolute atomic E-state index is 12.6. The van der Waals surface area contributed by atoms with Crippen LogP contribution in [0.1, 0.15) is 42.0 Å². The molecule has 0 aromatic carbocycles. The molecule has 3 heterocycles. The van der Waals surface area contributed by atoms with E-state index >= 15 is 0 Å². The van der Waals surface area contributed by atoms with E-state index in [0.29, 0.717) is 19.7 Å². The zero-order valence-corrected chi connectivity index (χ0v) is 14.4. The van der Waals surface area contributed by atoms with Gasteiger partial charge in [-0.05, 0) is 26.8 Å². The number of nitrogens with zero attached hydrogens (tertiary/aromatic N) is 4. The summed E-state index contributed by atoms with van der Waals surface area (Å²) in [5, 5.41) is 11.0. The van der Waals surface area contributed by atoms with Crippen LogP contribution in [0.4, 0.5) is 4.79 Å². The molecule has 1 N–H and O–H groups in total. The van der Waals surface area contributed by atoms with E-state index in [0.717, 1.165) is 22.9 Å². The molecule has 2 aromatic rings. The van der Waals surface area contributed by atoms with Crippen molar-refractivity contribution in [1.82, 2.24) is 25.0 Å². The molecule has 130 valence electrons. The Morgan fingerprint density at radius 3 is 2.88 bits per heavy atom. The highest BCUT2D eigenvalue weighted by Crippen LogP contribution is 2.23. The Hall–Kier alpha value is -2.35. The third-order valence-corrected chi connectivity index (χ3v) is 4.27. The van der Waals surface area contributed by atoms with Crippen LogP contribution in [-0.2, 0) is 11.8 Å². The average molecular weight is 333 g/mol. The number of carbonyl (C=O) groups excluding carboxylic acids is 1. The summed E-state index contributed by atoms with van der Waals surface area (Å²) in [5.74, 6) is 2.40. The molecule has 1 saturated heterocycles. The van der Waals surface area contributed by atoms with E-state index < -0.39 is 0 Å². The SMILES string of the molecule is Cc1cc([C@@H](C)NC(=O)N2CCO[C@@H](c3nncn3C)C2)c(C)o1. The zero-order chi connectivity index (χ0) is 17.3. The molecule has 0 saturated carbocycles. The number of aryl methyl sites for hydroxylation is 3. The summed E-state index contributed by atoms with van der Waals surface area (Å²) in [6.45, 7) is 7.24. The van der Waals surface area contributed by atoms with Crippen LogP contribution in [0, 0.1) is 13.8 Å². The number of ether oxygens (including phenoxy) is 1. The normalized spacial score (nSPS) is 19.3. The first-order chi connectivity index (χ1) is 11.5. The van der Waals surface area contributed by atoms with Gasteiger partial charge < -0.3 is 23.9 Å². The summed E-state index contributed by atoms with van der Waals surface area (Å²) >= 11 is 0. The Kier molecular flexibility index (Phi) is 4.57. The lowest BCUT2D eigenvalue weighted by molar-refractivity contribution is -0.0217. The molecule has 3 rings (SSSR count). The van der Waals surface area contributed by atoms with Gasteiger partial charge in [-0.2, -0.15) is 0 Å². The van der Waals surface area contributed by atoms with Crippen molar-refractivity contribution in [3.05, 3.63) is 35.3 Å². The number of hydrogen-bond donors (Lipinski definition) is 1. The number of nitrogens with one attached hydrogen (secondary N) is 1. The van der Waals surface area contributed by atoms with Crippen molar-refractivity contribution < 1.29 is 13.9 Å². The summed E-state index contributed by atoms with van der Waals surface area (Å²) in [6.07, 6.45) is 1.37. The highest BCUT2D eigenvalue weighted by atomic mass is 16.5. The molecule has 1 aliphatic heterocycles. The second kappa shape index (κ2) is 6.64. The van der Waals surface area contributed by atoms with Crippen LogP contribution in [0.5, 0.6) is 0 Å². The van der Waals surface area contributed by atoms with Crippen LogP contribution < -0.4 is 5.32 Å². The van der Waals surface area contributed by atoms with Crippen LogP contribution in [-0.4, -0.2) is 45.4 Å². The number of rotatable bonds is 3. The van der Waals surface area contributed by atoms with Gasteiger partial charge in [0.05, 0.1) is 19.2 Å². The molecule has 24 heavy (non-hydrogen) atoms. The van der Waals surface area contributed by atoms with E-state index in [2.05, 4.69) is 15.5 Å². The van der Waals surface area contributed by atoms with E-state index in [4.69, 9.17) is 9.15 Å². The van der Waals surface area contributed by atoms with Gasteiger partial charge in [0.15, 0.2) is 5.82 Å². The molecule has 1 fully saturated rings. The van der Waals surface area contributed by atoms with Crippen molar-refractivity contribution in [2.24, 2.45) is 7.05 Å². The number of urea groups is 1. The first kappa shape index (κ1) is 16.5. The number of hydrogen-bond acceptors (Lipinski definition) is 5. The average Bonchev–Trinajstić information content (AvgIpc) is 3.12. The quantitative estimate of drug-likeness (QED) is 0.927. The summed E-state index contributed by atoms with van der Waals surface area (Å²) in [4.78, 5) is 14.3. The van der Waals surface area contributed by atoms with E-state index in [1.807, 2.05) is 38.5 Å². The predicted octanol–water partition coefficient (Wildman–Crippen LogP) is 1.87. The molecule has 0 unspecified atom stereocenters. The number of furan rings is 1. The smallest absolute Gasteiger partial charge is 0.318 e. The van der Waals surface area contributed by atoms with Crippen LogP contribution in [0.25, 0.3) is 0 Å². The summed E-state index contributed by atoms with van der Waals surface area (Å²) in [7, 11) is 1.86. The lowest BCUT2D eigenvalue weighted by Crippen LogP contribution is -2.48. The second-order valence-corrected chi connectivity index (χ2v) is 6.15. The molecule has 1 aliphatic rings. The molecule has 0 radical (unpaired) electrons. The fourth-order valence-electron chi connectivity index (χ4n) is 3.01. The molecule has 2 amide bonds. The molecule has 2 atom stereocenters. The number of carbonyl (C=O) groups is 1. The van der Waals surface area contributed by atoms with Crippen molar-refractivity contribution in [3.8, 4) is 0 Å². The topological polar surface area (TPSA) is 85.4 Å². The van der Waals surface area contributed by atoms with E-state index in [-0.39, 0.29) is 18.2 Å². The minimum absolute atomic E-state index is 0.115. The molecular weight excluding hydrogens is 310 g/mol. The third-order valence-electron chi connectivity index (χ3n) is 4.27. The maximum Gasteiger partial charge on any atom is 0.318 e. The molecule has 8 nitrogen and oxygen atoms in total. The number of amides is 2. The minimum atomic E-state index is -0.259. The van der Waals surface area contributed by atoms with Crippen LogP contribution in [0.3, 0.4) is 0 Å². The third kappa shape index (κ3) is 3.28. The standard InChI is InChI=1S/C16H23N5O3/c1-10-7-13(12(3)24-10)11(2)18-16(22)21-5-6-23-14(8-21)15-19-17-9-20(15)4/h7,9,11,14H,5-6,8H2,1-4H3,(H,18,22)/t11-,14-/m1/s1. The molecule has 0 spiro atoms. The Morgan fingerprint density at radius 2 is 2.25 bits per heavy atom. The van der Waals surface area contributed by atoms with Crippen molar-refractivity contribution >= 4 is 6.03 Å². The van der Waals surface area contributed by atoms with Crippen LogP contribution >= 0.6 is 0 Å². The van der Waals surface area contributed by atoms with Gasteiger partial charge in [-0.15, -0.1) is 10.2 Å². The Balaban J connectivity index is 1.64. The highest BCUT2D eigenvalue weighted by molar-refractivity contribution is 5.75. The predicted molar refractivity (Wildman–Crippen MR) is 86.4 cm³/mol. The van der Waals surface area contributed by atoms with Crippen LogP contribution in [0.2, 0.25) is 0 Å². The van der Waals surface area contributed by atoms with E-state index in [1.165, 1.54) is 0 Å². The Labute approximate surface area is 140 Å². The van der Waals surface area contributed by atoms with Crippen molar-refractivity contribution in [3.63, 3.8) is 0 Å². The van der Waals surface area contributed by atoms with Gasteiger partial charge in [0.1, 0.15) is 24.0 Å². The Bertz CT molecular complexity index is 723. The first-order valence-electron chi connectivity index (χ1n) is 8.03. The molecule has 2 aromatic heterocycles. The van der Waals surface area contributed by atoms with Gasteiger partial charge >= 0.3 is 6.03 Å². The van der Waals surface area contributed by atoms with Gasteiger partial charge in [-0.3, -0.25) is 0 Å². The van der Waals surface area contributed by atoms with Gasteiger partial charge in [0.25, 0.3) is 0 Å². The van der Waals surface area contributed by atoms with Gasteiger partial charge in [0, 0.05) is 19.2 Å². The van der Waals surface area contributed by atoms with Gasteiger partial charge in [-0.1, -0.05) is 0 Å². The summed E-state index contributed by atoms with van der Waals surface area (Å²) < 4.78 is 13.1. The van der Waals surface area contributed by atoms with E-state index in [9.17, 15) is 4.79 Å². The van der Waals surface area contributed by atoms with Gasteiger partial charge in [0.2, 0.25) is 0 Å². The molecule has 0 bridgehead atoms. The second-order valence-electron chi connectivity index (χ2n) is 6.15. The number of aromatic nitrogens is 3. The Morgan fingerprint density at radius 1 is 1.46 bits per heavy atom. The monoisotopic (exact) mass is 333 g/mol. The minimum Gasteiger partial charge on any atom is -0.466 e. The lowest BCUT2D eigenvalue weighted by Gasteiger charge is -2.33. The fraction of sp³-hybridized carbons (Fsp3) is 0.562. The molecular formula is C16H23N5O3. The van der Waals surface area contributed by atoms with Crippen molar-refractivity contribution in [2.45, 2.75) is 32.9 Å². The highest BCUT2D eigenvalue weighted by Gasteiger charge is 2.29. The summed E-state index contributed by atoms with van der Waals surface area (Å²) in [5.41, 5.74) is 0.999. The zero-order valence-electron chi connectivity index (χ0n) is 14.4. The van der Waals surface area contributed by atoms with Crippen LogP contribution in [0.15, 0.2) is 16.8 Å². The number of morpholine rings is 1.